The van der Waals surface area contributed by atoms with Crippen LogP contribution in [0.25, 0.3) is 0 Å². The van der Waals surface area contributed by atoms with Gasteiger partial charge in [-0.25, -0.2) is 0 Å². The number of rotatable bonds is 3. The normalized spacial score (nSPS) is 22.6. The Balaban J connectivity index is 1.98. The fourth-order valence-corrected chi connectivity index (χ4v) is 2.28. The van der Waals surface area contributed by atoms with E-state index in [9.17, 15) is 4.79 Å². The third-order valence-corrected chi connectivity index (χ3v) is 3.50. The van der Waals surface area contributed by atoms with Crippen LogP contribution in [-0.2, 0) is 0 Å². The maximum atomic E-state index is 12.1. The molecule has 1 fully saturated rings. The van der Waals surface area contributed by atoms with E-state index in [2.05, 4.69) is 23.9 Å². The summed E-state index contributed by atoms with van der Waals surface area (Å²) in [5, 5.41) is 0. The van der Waals surface area contributed by atoms with Gasteiger partial charge in [0.05, 0.1) is 0 Å². The number of carbonyl (C=O) groups is 1. The molecule has 1 aromatic rings. The summed E-state index contributed by atoms with van der Waals surface area (Å²) >= 11 is 0. The van der Waals surface area contributed by atoms with E-state index in [4.69, 9.17) is 0 Å². The van der Waals surface area contributed by atoms with Gasteiger partial charge >= 0.3 is 0 Å². The van der Waals surface area contributed by atoms with Gasteiger partial charge in [-0.15, -0.1) is 0 Å². The van der Waals surface area contributed by atoms with Crippen LogP contribution in [0.2, 0.25) is 0 Å². The van der Waals surface area contributed by atoms with Crippen molar-refractivity contribution in [3.8, 4) is 0 Å². The van der Waals surface area contributed by atoms with Gasteiger partial charge < -0.3 is 9.80 Å². The topological polar surface area (TPSA) is 23.6 Å². The molecule has 1 aliphatic rings. The van der Waals surface area contributed by atoms with Crippen LogP contribution < -0.4 is 0 Å². The quantitative estimate of drug-likeness (QED) is 0.738. The molecule has 3 heteroatoms. The molecule has 3 nitrogen and oxygen atoms in total. The lowest BCUT2D eigenvalue weighted by atomic mass is 10.0. The van der Waals surface area contributed by atoms with E-state index in [1.165, 1.54) is 0 Å². The van der Waals surface area contributed by atoms with E-state index in [0.29, 0.717) is 12.5 Å². The molecule has 0 bridgehead atoms. The highest BCUT2D eigenvalue weighted by Gasteiger charge is 2.24. The first kappa shape index (κ1) is 12.3. The molecule has 17 heavy (non-hydrogen) atoms. The Morgan fingerprint density at radius 1 is 1.24 bits per heavy atom. The van der Waals surface area contributed by atoms with Crippen LogP contribution in [0.15, 0.2) is 30.3 Å². The number of likely N-dealkylation sites (N-methyl/N-ethyl adjacent to an activating group) is 2. The van der Waals surface area contributed by atoms with Crippen LogP contribution in [0, 0.1) is 0 Å². The van der Waals surface area contributed by atoms with Crippen LogP contribution >= 0.6 is 0 Å². The molecule has 1 saturated heterocycles. The minimum atomic E-state index is 0.248. The predicted octanol–water partition coefficient (Wildman–Crippen LogP) is 1.51. The van der Waals surface area contributed by atoms with Crippen molar-refractivity contribution in [1.82, 2.24) is 9.80 Å². The van der Waals surface area contributed by atoms with Gasteiger partial charge in [0.15, 0.2) is 5.78 Å². The highest BCUT2D eigenvalue weighted by Crippen LogP contribution is 2.13. The van der Waals surface area contributed by atoms with Gasteiger partial charge in [0.1, 0.15) is 0 Å². The fourth-order valence-electron chi connectivity index (χ4n) is 2.28. The van der Waals surface area contributed by atoms with E-state index in [1.54, 1.807) is 0 Å². The van der Waals surface area contributed by atoms with Gasteiger partial charge in [-0.2, -0.15) is 0 Å². The number of Topliss-reactive ketones (excluding diaryl/α,β-unsaturated/α-hetero) is 1. The van der Waals surface area contributed by atoms with Gasteiger partial charge in [0.25, 0.3) is 0 Å². The summed E-state index contributed by atoms with van der Waals surface area (Å²) in [6.07, 6.45) is 0.616. The summed E-state index contributed by atoms with van der Waals surface area (Å²) < 4.78 is 0. The zero-order valence-corrected chi connectivity index (χ0v) is 10.6. The summed E-state index contributed by atoms with van der Waals surface area (Å²) in [6, 6.07) is 9.93. The predicted molar refractivity (Wildman–Crippen MR) is 69.3 cm³/mol. The van der Waals surface area contributed by atoms with Crippen molar-refractivity contribution < 1.29 is 4.79 Å². The first-order chi connectivity index (χ1) is 8.16. The monoisotopic (exact) mass is 232 g/mol. The number of piperazine rings is 1. The van der Waals surface area contributed by atoms with Crippen LogP contribution in [0.1, 0.15) is 16.8 Å². The first-order valence-electron chi connectivity index (χ1n) is 6.14. The SMILES string of the molecule is CN1CCN(C)C(CC(=O)c2ccccc2)C1. The first-order valence-corrected chi connectivity index (χ1v) is 6.14. The zero-order valence-electron chi connectivity index (χ0n) is 10.6. The Bertz CT molecular complexity index is 377. The number of hydrogen-bond donors (Lipinski definition) is 0. The second kappa shape index (κ2) is 5.43. The van der Waals surface area contributed by atoms with E-state index in [-0.39, 0.29) is 5.78 Å². The summed E-state index contributed by atoms with van der Waals surface area (Å²) in [5.41, 5.74) is 0.828. The molecule has 0 aliphatic carbocycles. The van der Waals surface area contributed by atoms with Crippen molar-refractivity contribution in [3.63, 3.8) is 0 Å². The summed E-state index contributed by atoms with van der Waals surface area (Å²) in [6.45, 7) is 3.12. The second-order valence-electron chi connectivity index (χ2n) is 4.89. The van der Waals surface area contributed by atoms with Gasteiger partial charge in [-0.1, -0.05) is 30.3 Å². The van der Waals surface area contributed by atoms with Gasteiger partial charge in [-0.3, -0.25) is 4.79 Å². The molecule has 2 rings (SSSR count). The van der Waals surface area contributed by atoms with Gasteiger partial charge in [-0.05, 0) is 14.1 Å². The minimum absolute atomic E-state index is 0.248. The molecular formula is C14H20N2O. The van der Waals surface area contributed by atoms with Crippen molar-refractivity contribution in [2.75, 3.05) is 33.7 Å². The average molecular weight is 232 g/mol. The third kappa shape index (κ3) is 3.14. The molecule has 92 valence electrons. The standard InChI is InChI=1S/C14H20N2O/c1-15-8-9-16(2)13(11-15)10-14(17)12-6-4-3-5-7-12/h3-7,13H,8-11H2,1-2H3. The summed E-state index contributed by atoms with van der Waals surface area (Å²) in [5.74, 6) is 0.248. The van der Waals surface area contributed by atoms with E-state index in [1.807, 2.05) is 30.3 Å². The fraction of sp³-hybridized carbons (Fsp3) is 0.500. The Labute approximate surface area is 103 Å². The van der Waals surface area contributed by atoms with Gasteiger partial charge in [0, 0.05) is 37.7 Å². The Kier molecular flexibility index (Phi) is 3.92. The third-order valence-electron chi connectivity index (χ3n) is 3.50. The van der Waals surface area contributed by atoms with E-state index in [0.717, 1.165) is 25.2 Å². The van der Waals surface area contributed by atoms with Gasteiger partial charge in [0.2, 0.25) is 0 Å². The Hall–Kier alpha value is -1.19. The lowest BCUT2D eigenvalue weighted by molar-refractivity contribution is 0.0810. The molecule has 1 aromatic carbocycles. The molecule has 1 heterocycles. The second-order valence-corrected chi connectivity index (χ2v) is 4.89. The van der Waals surface area contributed by atoms with Crippen LogP contribution in [0.4, 0.5) is 0 Å². The molecule has 0 amide bonds. The largest absolute Gasteiger partial charge is 0.304 e. The van der Waals surface area contributed by atoms with Crippen molar-refractivity contribution in [2.24, 2.45) is 0 Å². The number of benzene rings is 1. The van der Waals surface area contributed by atoms with E-state index < -0.39 is 0 Å². The molecule has 1 atom stereocenters. The molecule has 1 unspecified atom stereocenters. The van der Waals surface area contributed by atoms with Crippen LogP contribution in [0.5, 0.6) is 0 Å². The minimum Gasteiger partial charge on any atom is -0.304 e. The average Bonchev–Trinajstić information content (AvgIpc) is 2.35. The number of nitrogens with zero attached hydrogens (tertiary/aromatic N) is 2. The van der Waals surface area contributed by atoms with Crippen LogP contribution in [-0.4, -0.2) is 55.4 Å². The molecule has 0 spiro atoms. The van der Waals surface area contributed by atoms with Crippen LogP contribution in [0.3, 0.4) is 0 Å². The number of carbonyl (C=O) groups excluding carboxylic acids is 1. The van der Waals surface area contributed by atoms with Crippen molar-refractivity contribution in [3.05, 3.63) is 35.9 Å². The Morgan fingerprint density at radius 2 is 1.94 bits per heavy atom. The molecule has 0 N–H and O–H groups in total. The maximum Gasteiger partial charge on any atom is 0.164 e. The highest BCUT2D eigenvalue weighted by molar-refractivity contribution is 5.96. The Morgan fingerprint density at radius 3 is 2.65 bits per heavy atom. The molecule has 0 aromatic heterocycles. The number of ketones is 1. The lowest BCUT2D eigenvalue weighted by Gasteiger charge is -2.37. The molecular weight excluding hydrogens is 212 g/mol. The van der Waals surface area contributed by atoms with Crippen molar-refractivity contribution in [2.45, 2.75) is 12.5 Å². The smallest absolute Gasteiger partial charge is 0.164 e. The zero-order chi connectivity index (χ0) is 12.3. The maximum absolute atomic E-state index is 12.1. The summed E-state index contributed by atoms with van der Waals surface area (Å²) in [4.78, 5) is 16.7. The molecule has 0 saturated carbocycles. The lowest BCUT2D eigenvalue weighted by Crippen LogP contribution is -2.50. The summed E-state index contributed by atoms with van der Waals surface area (Å²) in [7, 11) is 4.23. The molecule has 0 radical (unpaired) electrons. The highest BCUT2D eigenvalue weighted by atomic mass is 16.1. The van der Waals surface area contributed by atoms with E-state index >= 15 is 0 Å². The van der Waals surface area contributed by atoms with Crippen molar-refractivity contribution in [1.29, 1.82) is 0 Å². The molecule has 1 aliphatic heterocycles. The number of hydrogen-bond acceptors (Lipinski definition) is 3. The van der Waals surface area contributed by atoms with Crippen molar-refractivity contribution >= 4 is 5.78 Å².